The number of carboxylic acids is 2. The molecule has 8 nitrogen and oxygen atoms in total. The number of nitrogens with one attached hydrogen (secondary N) is 2. The lowest BCUT2D eigenvalue weighted by Crippen LogP contribution is -2.52. The average molecular weight is 333 g/mol. The fourth-order valence-corrected chi connectivity index (χ4v) is 3.80. The minimum absolute atomic E-state index is 0.0166. The summed E-state index contributed by atoms with van der Waals surface area (Å²) in [6.45, 7) is 1.92. The quantitative estimate of drug-likeness (QED) is 0.547. The summed E-state index contributed by atoms with van der Waals surface area (Å²) in [7, 11) is 0. The van der Waals surface area contributed by atoms with E-state index in [4.69, 9.17) is 5.73 Å². The van der Waals surface area contributed by atoms with E-state index in [1.165, 1.54) is 0 Å². The Kier molecular flexibility index (Phi) is 3.71. The molecule has 2 amide bonds. The molecule has 0 saturated heterocycles. The number of hydrogen-bond acceptors (Lipinski definition) is 4. The van der Waals surface area contributed by atoms with E-state index in [1.54, 1.807) is 12.1 Å². The monoisotopic (exact) mass is 333 g/mol. The predicted octanol–water partition coefficient (Wildman–Crippen LogP) is 0.618. The average Bonchev–Trinajstić information content (AvgIpc) is 3.18. The van der Waals surface area contributed by atoms with Gasteiger partial charge in [-0.25, -0.2) is 4.79 Å². The van der Waals surface area contributed by atoms with Gasteiger partial charge in [-0.1, -0.05) is 17.7 Å². The Morgan fingerprint density at radius 2 is 1.83 bits per heavy atom. The number of carbonyl (C=O) groups excluding carboxylic acids is 1. The SMILES string of the molecule is Cc1ccc(NC(=O)NC2CC(N)(C(=O)O)C3C(C(=O)O)C23)cc1. The van der Waals surface area contributed by atoms with Crippen LogP contribution in [-0.2, 0) is 9.59 Å². The van der Waals surface area contributed by atoms with E-state index in [-0.39, 0.29) is 6.42 Å². The molecule has 8 heteroatoms. The van der Waals surface area contributed by atoms with Gasteiger partial charge in [0, 0.05) is 17.6 Å². The number of nitrogens with two attached hydrogens (primary N) is 1. The van der Waals surface area contributed by atoms with Gasteiger partial charge in [-0.2, -0.15) is 0 Å². The van der Waals surface area contributed by atoms with Gasteiger partial charge in [0.05, 0.1) is 5.92 Å². The zero-order chi connectivity index (χ0) is 17.6. The van der Waals surface area contributed by atoms with Crippen molar-refractivity contribution in [1.82, 2.24) is 5.32 Å². The minimum atomic E-state index is -1.62. The fourth-order valence-electron chi connectivity index (χ4n) is 3.80. The second-order valence-electron chi connectivity index (χ2n) is 6.59. The van der Waals surface area contributed by atoms with E-state index >= 15 is 0 Å². The van der Waals surface area contributed by atoms with Crippen LogP contribution >= 0.6 is 0 Å². The third kappa shape index (κ3) is 2.58. The van der Waals surface area contributed by atoms with Gasteiger partial charge in [-0.05, 0) is 31.4 Å². The Bertz CT molecular complexity index is 704. The maximum atomic E-state index is 12.1. The van der Waals surface area contributed by atoms with Crippen LogP contribution in [0.2, 0.25) is 0 Å². The summed E-state index contributed by atoms with van der Waals surface area (Å²) in [5, 5.41) is 23.9. The Morgan fingerprint density at radius 1 is 1.21 bits per heavy atom. The van der Waals surface area contributed by atoms with Gasteiger partial charge < -0.3 is 26.6 Å². The smallest absolute Gasteiger partial charge is 0.324 e. The number of benzene rings is 1. The fraction of sp³-hybridized carbons (Fsp3) is 0.438. The molecule has 5 atom stereocenters. The number of amides is 2. The van der Waals surface area contributed by atoms with Crippen LogP contribution in [0.1, 0.15) is 12.0 Å². The number of carboxylic acid groups (broad SMARTS) is 2. The van der Waals surface area contributed by atoms with Crippen LogP contribution in [0.15, 0.2) is 24.3 Å². The third-order valence-electron chi connectivity index (χ3n) is 5.00. The Hall–Kier alpha value is -2.61. The van der Waals surface area contributed by atoms with Crippen LogP contribution in [-0.4, -0.2) is 39.8 Å². The molecule has 0 aromatic heterocycles. The van der Waals surface area contributed by atoms with Gasteiger partial charge >= 0.3 is 18.0 Å². The van der Waals surface area contributed by atoms with Gasteiger partial charge in [-0.15, -0.1) is 0 Å². The summed E-state index contributed by atoms with van der Waals surface area (Å²) in [5.74, 6) is -4.25. The van der Waals surface area contributed by atoms with Crippen LogP contribution in [0.4, 0.5) is 10.5 Å². The van der Waals surface area contributed by atoms with Crippen LogP contribution in [0.5, 0.6) is 0 Å². The molecule has 0 bridgehead atoms. The zero-order valence-electron chi connectivity index (χ0n) is 13.0. The summed E-state index contributed by atoms with van der Waals surface area (Å²) in [6, 6.07) is 6.09. The van der Waals surface area contributed by atoms with Crippen molar-refractivity contribution in [3.8, 4) is 0 Å². The number of aryl methyl sites for hydroxylation is 1. The van der Waals surface area contributed by atoms with Gasteiger partial charge in [0.2, 0.25) is 0 Å². The summed E-state index contributed by atoms with van der Waals surface area (Å²) in [4.78, 5) is 34.8. The zero-order valence-corrected chi connectivity index (χ0v) is 13.0. The highest BCUT2D eigenvalue weighted by Crippen LogP contribution is 2.61. The first-order valence-corrected chi connectivity index (χ1v) is 7.63. The molecule has 1 aromatic rings. The van der Waals surface area contributed by atoms with Crippen molar-refractivity contribution < 1.29 is 24.6 Å². The van der Waals surface area contributed by atoms with Gasteiger partial charge in [0.25, 0.3) is 0 Å². The van der Waals surface area contributed by atoms with E-state index in [9.17, 15) is 24.6 Å². The van der Waals surface area contributed by atoms with Crippen molar-refractivity contribution in [3.63, 3.8) is 0 Å². The highest BCUT2D eigenvalue weighted by atomic mass is 16.4. The maximum absolute atomic E-state index is 12.1. The summed E-state index contributed by atoms with van der Waals surface area (Å²) < 4.78 is 0. The lowest BCUT2D eigenvalue weighted by molar-refractivity contribution is -0.145. The molecule has 2 aliphatic carbocycles. The summed E-state index contributed by atoms with van der Waals surface area (Å²) in [5.41, 5.74) is 5.95. The van der Waals surface area contributed by atoms with Crippen molar-refractivity contribution in [2.75, 3.05) is 5.32 Å². The molecule has 24 heavy (non-hydrogen) atoms. The Morgan fingerprint density at radius 3 is 2.38 bits per heavy atom. The molecule has 1 aromatic carbocycles. The molecule has 6 N–H and O–H groups in total. The molecule has 3 rings (SSSR count). The first-order chi connectivity index (χ1) is 11.2. The second kappa shape index (κ2) is 5.48. The number of rotatable bonds is 4. The van der Waals surface area contributed by atoms with Crippen molar-refractivity contribution >= 4 is 23.7 Å². The van der Waals surface area contributed by atoms with E-state index < -0.39 is 47.3 Å². The van der Waals surface area contributed by atoms with Crippen molar-refractivity contribution in [2.45, 2.75) is 24.9 Å². The van der Waals surface area contributed by atoms with E-state index in [2.05, 4.69) is 10.6 Å². The molecule has 0 aliphatic heterocycles. The molecule has 0 spiro atoms. The number of fused-ring (bicyclic) bond motifs is 1. The van der Waals surface area contributed by atoms with E-state index in [1.807, 2.05) is 19.1 Å². The first kappa shape index (κ1) is 16.3. The van der Waals surface area contributed by atoms with Crippen LogP contribution in [0.3, 0.4) is 0 Å². The number of urea groups is 1. The highest BCUT2D eigenvalue weighted by Gasteiger charge is 2.74. The number of aliphatic carboxylic acids is 2. The van der Waals surface area contributed by atoms with Crippen LogP contribution in [0.25, 0.3) is 0 Å². The summed E-state index contributed by atoms with van der Waals surface area (Å²) >= 11 is 0. The van der Waals surface area contributed by atoms with E-state index in [0.29, 0.717) is 5.69 Å². The van der Waals surface area contributed by atoms with Crippen molar-refractivity contribution in [3.05, 3.63) is 29.8 Å². The molecular weight excluding hydrogens is 314 g/mol. The molecule has 2 aliphatic rings. The van der Waals surface area contributed by atoms with Crippen molar-refractivity contribution in [1.29, 1.82) is 0 Å². The highest BCUT2D eigenvalue weighted by molar-refractivity contribution is 5.91. The topological polar surface area (TPSA) is 142 Å². The van der Waals surface area contributed by atoms with Gasteiger partial charge in [0.1, 0.15) is 5.54 Å². The normalized spacial score (nSPS) is 33.4. The van der Waals surface area contributed by atoms with E-state index in [0.717, 1.165) is 5.56 Å². The summed E-state index contributed by atoms with van der Waals surface area (Å²) in [6.07, 6.45) is 0.0166. The lowest BCUT2D eigenvalue weighted by Gasteiger charge is -2.25. The third-order valence-corrected chi connectivity index (χ3v) is 5.00. The first-order valence-electron chi connectivity index (χ1n) is 7.63. The lowest BCUT2D eigenvalue weighted by atomic mass is 9.90. The van der Waals surface area contributed by atoms with Crippen molar-refractivity contribution in [2.24, 2.45) is 23.5 Å². The maximum Gasteiger partial charge on any atom is 0.324 e. The molecule has 0 heterocycles. The number of carbonyl (C=O) groups is 3. The van der Waals surface area contributed by atoms with Gasteiger partial charge in [0.15, 0.2) is 0 Å². The largest absolute Gasteiger partial charge is 0.481 e. The second-order valence-corrected chi connectivity index (χ2v) is 6.59. The standard InChI is InChI=1S/C16H19N3O5/c1-7-2-4-8(5-3-7)18-15(24)19-9-6-16(17,14(22)23)12-10(9)11(12)13(20)21/h2-5,9-12H,6,17H2,1H3,(H,20,21)(H,22,23)(H2,18,19,24). The molecule has 2 saturated carbocycles. The van der Waals surface area contributed by atoms with Crippen LogP contribution in [0, 0.1) is 24.7 Å². The number of anilines is 1. The molecule has 2 fully saturated rings. The molecule has 5 unspecified atom stereocenters. The van der Waals surface area contributed by atoms with Gasteiger partial charge in [-0.3, -0.25) is 9.59 Å². The molecule has 128 valence electrons. The molecule has 0 radical (unpaired) electrons. The Balaban J connectivity index is 1.69. The Labute approximate surface area is 138 Å². The minimum Gasteiger partial charge on any atom is -0.481 e. The molecular formula is C16H19N3O5. The van der Waals surface area contributed by atoms with Crippen LogP contribution < -0.4 is 16.4 Å². The number of hydrogen-bond donors (Lipinski definition) is 5. The predicted molar refractivity (Wildman–Crippen MR) is 84.4 cm³/mol.